The van der Waals surface area contributed by atoms with Gasteiger partial charge in [-0.1, -0.05) is 0 Å². The number of morpholine rings is 1. The zero-order valence-corrected chi connectivity index (χ0v) is 10.3. The number of hydrogen-bond acceptors (Lipinski definition) is 4. The Balaban J connectivity index is 1.81. The molecular weight excluding hydrogens is 206 g/mol. The molecule has 1 N–H and O–H groups in total. The molecule has 2 rings (SSSR count). The highest BCUT2D eigenvalue weighted by atomic mass is 16.5. The van der Waals surface area contributed by atoms with Crippen molar-refractivity contribution < 1.29 is 14.6 Å². The predicted octanol–water partition coefficient (Wildman–Crippen LogP) is 0.495. The lowest BCUT2D eigenvalue weighted by molar-refractivity contribution is -0.136. The van der Waals surface area contributed by atoms with Crippen molar-refractivity contribution in [2.24, 2.45) is 5.92 Å². The third-order valence-corrected chi connectivity index (χ3v) is 3.53. The molecule has 0 bridgehead atoms. The molecule has 2 heterocycles. The highest BCUT2D eigenvalue weighted by molar-refractivity contribution is 4.85. The van der Waals surface area contributed by atoms with Gasteiger partial charge in [-0.05, 0) is 13.8 Å². The maximum Gasteiger partial charge on any atom is 0.0651 e. The highest BCUT2D eigenvalue weighted by Crippen LogP contribution is 2.28. The molecule has 2 saturated heterocycles. The first-order chi connectivity index (χ1) is 7.57. The SMILES string of the molecule is CC1(C)C[C@H](O)[C@@H](CN2CCOCC2)CO1. The maximum absolute atomic E-state index is 10.1. The Labute approximate surface area is 97.5 Å². The minimum atomic E-state index is -0.230. The van der Waals surface area contributed by atoms with Gasteiger partial charge in [-0.25, -0.2) is 0 Å². The third-order valence-electron chi connectivity index (χ3n) is 3.53. The van der Waals surface area contributed by atoms with E-state index in [-0.39, 0.29) is 17.6 Å². The molecule has 4 heteroatoms. The normalized spacial score (nSPS) is 36.2. The number of nitrogens with zero attached hydrogens (tertiary/aromatic N) is 1. The van der Waals surface area contributed by atoms with Crippen LogP contribution in [-0.4, -0.2) is 61.2 Å². The zero-order valence-electron chi connectivity index (χ0n) is 10.3. The quantitative estimate of drug-likeness (QED) is 0.748. The summed E-state index contributed by atoms with van der Waals surface area (Å²) in [5.74, 6) is 0.256. The van der Waals surface area contributed by atoms with Crippen LogP contribution in [-0.2, 0) is 9.47 Å². The summed E-state index contributed by atoms with van der Waals surface area (Å²) in [6, 6.07) is 0. The van der Waals surface area contributed by atoms with Crippen molar-refractivity contribution in [1.82, 2.24) is 4.90 Å². The number of hydrogen-bond donors (Lipinski definition) is 1. The Morgan fingerprint density at radius 3 is 2.62 bits per heavy atom. The Morgan fingerprint density at radius 1 is 1.31 bits per heavy atom. The van der Waals surface area contributed by atoms with Crippen molar-refractivity contribution in [3.8, 4) is 0 Å². The molecule has 0 aromatic heterocycles. The van der Waals surface area contributed by atoms with Crippen LogP contribution in [0.15, 0.2) is 0 Å². The average Bonchev–Trinajstić information content (AvgIpc) is 2.23. The van der Waals surface area contributed by atoms with E-state index in [0.717, 1.165) is 39.3 Å². The summed E-state index contributed by atoms with van der Waals surface area (Å²) < 4.78 is 11.1. The van der Waals surface area contributed by atoms with E-state index in [4.69, 9.17) is 9.47 Å². The number of aliphatic hydroxyl groups is 1. The largest absolute Gasteiger partial charge is 0.393 e. The molecule has 2 aliphatic heterocycles. The van der Waals surface area contributed by atoms with E-state index in [1.165, 1.54) is 0 Å². The lowest BCUT2D eigenvalue weighted by Crippen LogP contribution is -2.49. The smallest absolute Gasteiger partial charge is 0.0651 e. The van der Waals surface area contributed by atoms with Crippen LogP contribution in [0.25, 0.3) is 0 Å². The van der Waals surface area contributed by atoms with Crippen molar-refractivity contribution in [2.45, 2.75) is 32.0 Å². The standard InChI is InChI=1S/C12H23NO3/c1-12(2)7-11(14)10(9-16-12)8-13-3-5-15-6-4-13/h10-11,14H,3-9H2,1-2H3/t10-,11-/m0/s1. The molecule has 0 aromatic carbocycles. The van der Waals surface area contributed by atoms with Gasteiger partial charge in [0.25, 0.3) is 0 Å². The van der Waals surface area contributed by atoms with Crippen LogP contribution in [0.2, 0.25) is 0 Å². The molecule has 0 radical (unpaired) electrons. The Hall–Kier alpha value is -0.160. The second kappa shape index (κ2) is 5.00. The fraction of sp³-hybridized carbons (Fsp3) is 1.00. The molecule has 0 aromatic rings. The van der Waals surface area contributed by atoms with Gasteiger partial charge >= 0.3 is 0 Å². The molecule has 2 atom stereocenters. The average molecular weight is 229 g/mol. The van der Waals surface area contributed by atoms with Gasteiger partial charge in [-0.15, -0.1) is 0 Å². The summed E-state index contributed by atoms with van der Waals surface area (Å²) in [5.41, 5.74) is -0.166. The Kier molecular flexibility index (Phi) is 3.85. The van der Waals surface area contributed by atoms with Crippen molar-refractivity contribution >= 4 is 0 Å². The van der Waals surface area contributed by atoms with Crippen LogP contribution in [0.3, 0.4) is 0 Å². The molecule has 2 fully saturated rings. The van der Waals surface area contributed by atoms with Crippen molar-refractivity contribution in [2.75, 3.05) is 39.5 Å². The topological polar surface area (TPSA) is 41.9 Å². The van der Waals surface area contributed by atoms with Crippen molar-refractivity contribution in [3.05, 3.63) is 0 Å². The van der Waals surface area contributed by atoms with Crippen LogP contribution in [0.1, 0.15) is 20.3 Å². The summed E-state index contributed by atoms with van der Waals surface area (Å²) in [6.45, 7) is 9.28. The summed E-state index contributed by atoms with van der Waals surface area (Å²) in [5, 5.41) is 10.1. The first-order valence-corrected chi connectivity index (χ1v) is 6.19. The molecule has 94 valence electrons. The molecule has 0 amide bonds. The number of ether oxygens (including phenoxy) is 2. The summed E-state index contributed by atoms with van der Waals surface area (Å²) in [4.78, 5) is 2.36. The fourth-order valence-corrected chi connectivity index (χ4v) is 2.46. The van der Waals surface area contributed by atoms with E-state index >= 15 is 0 Å². The second-order valence-electron chi connectivity index (χ2n) is 5.52. The zero-order chi connectivity index (χ0) is 11.6. The van der Waals surface area contributed by atoms with E-state index in [1.807, 2.05) is 13.8 Å². The molecule has 0 spiro atoms. The van der Waals surface area contributed by atoms with Gasteiger partial charge < -0.3 is 14.6 Å². The van der Waals surface area contributed by atoms with Gasteiger partial charge in [0.2, 0.25) is 0 Å². The van der Waals surface area contributed by atoms with Crippen LogP contribution >= 0.6 is 0 Å². The molecule has 0 unspecified atom stereocenters. The van der Waals surface area contributed by atoms with Gasteiger partial charge in [-0.3, -0.25) is 4.90 Å². The monoisotopic (exact) mass is 229 g/mol. The van der Waals surface area contributed by atoms with Gasteiger partial charge in [0.1, 0.15) is 0 Å². The first-order valence-electron chi connectivity index (χ1n) is 6.19. The van der Waals surface area contributed by atoms with Crippen LogP contribution in [0.5, 0.6) is 0 Å². The molecule has 4 nitrogen and oxygen atoms in total. The molecule has 0 aliphatic carbocycles. The van der Waals surface area contributed by atoms with Crippen LogP contribution in [0.4, 0.5) is 0 Å². The lowest BCUT2D eigenvalue weighted by atomic mass is 9.88. The maximum atomic E-state index is 10.1. The van der Waals surface area contributed by atoms with E-state index in [1.54, 1.807) is 0 Å². The fourth-order valence-electron chi connectivity index (χ4n) is 2.46. The van der Waals surface area contributed by atoms with E-state index in [9.17, 15) is 5.11 Å². The minimum absolute atomic E-state index is 0.166. The van der Waals surface area contributed by atoms with E-state index in [2.05, 4.69) is 4.90 Å². The lowest BCUT2D eigenvalue weighted by Gasteiger charge is -2.40. The number of rotatable bonds is 2. The molecular formula is C12H23NO3. The van der Waals surface area contributed by atoms with Gasteiger partial charge in [0.15, 0.2) is 0 Å². The summed E-state index contributed by atoms with van der Waals surface area (Å²) in [6.07, 6.45) is 0.508. The van der Waals surface area contributed by atoms with Crippen molar-refractivity contribution in [3.63, 3.8) is 0 Å². The third kappa shape index (κ3) is 3.17. The highest BCUT2D eigenvalue weighted by Gasteiger charge is 2.35. The van der Waals surface area contributed by atoms with Gasteiger partial charge in [0.05, 0.1) is 31.5 Å². The van der Waals surface area contributed by atoms with Crippen molar-refractivity contribution in [1.29, 1.82) is 0 Å². The second-order valence-corrected chi connectivity index (χ2v) is 5.52. The molecule has 2 aliphatic rings. The van der Waals surface area contributed by atoms with E-state index in [0.29, 0.717) is 6.61 Å². The predicted molar refractivity (Wildman–Crippen MR) is 61.4 cm³/mol. The van der Waals surface area contributed by atoms with Gasteiger partial charge in [0, 0.05) is 32.0 Å². The van der Waals surface area contributed by atoms with Crippen LogP contribution in [0, 0.1) is 5.92 Å². The first kappa shape index (κ1) is 12.3. The summed E-state index contributed by atoms with van der Waals surface area (Å²) >= 11 is 0. The summed E-state index contributed by atoms with van der Waals surface area (Å²) in [7, 11) is 0. The van der Waals surface area contributed by atoms with Gasteiger partial charge in [-0.2, -0.15) is 0 Å². The minimum Gasteiger partial charge on any atom is -0.393 e. The van der Waals surface area contributed by atoms with E-state index < -0.39 is 0 Å². The Bertz CT molecular complexity index is 226. The molecule has 0 saturated carbocycles. The Morgan fingerprint density at radius 2 is 2.00 bits per heavy atom. The van der Waals surface area contributed by atoms with Crippen LogP contribution < -0.4 is 0 Å². The molecule has 16 heavy (non-hydrogen) atoms. The number of aliphatic hydroxyl groups excluding tert-OH is 1.